The molecule has 29 heavy (non-hydrogen) atoms. The van der Waals surface area contributed by atoms with E-state index < -0.39 is 0 Å². The van der Waals surface area contributed by atoms with Crippen molar-refractivity contribution >= 4 is 16.9 Å². The van der Waals surface area contributed by atoms with Crippen LogP contribution in [-0.4, -0.2) is 21.1 Å². The van der Waals surface area contributed by atoms with Crippen molar-refractivity contribution in [3.8, 4) is 11.4 Å². The Balaban J connectivity index is 1.38. The minimum atomic E-state index is -0.371. The number of hydrogen-bond donors (Lipinski definition) is 0. The molecule has 0 fully saturated rings. The maximum atomic E-state index is 12.3. The van der Waals surface area contributed by atoms with Gasteiger partial charge in [-0.3, -0.25) is 9.78 Å². The normalized spacial score (nSPS) is 11.1. The summed E-state index contributed by atoms with van der Waals surface area (Å²) in [5, 5.41) is 4.97. The quantitative estimate of drug-likeness (QED) is 0.447. The van der Waals surface area contributed by atoms with Gasteiger partial charge >= 0.3 is 5.97 Å². The number of rotatable bonds is 6. The largest absolute Gasteiger partial charge is 0.455 e. The van der Waals surface area contributed by atoms with Crippen LogP contribution in [0.25, 0.3) is 22.3 Å². The molecular formula is C23H21N3O3. The SMILES string of the molecule is CC(C)c1ccc(-c2noc(COC(=O)Cc3cccc4cccnc34)n2)cc1. The van der Waals surface area contributed by atoms with Crippen molar-refractivity contribution < 1.29 is 14.1 Å². The molecule has 0 N–H and O–H groups in total. The van der Waals surface area contributed by atoms with Crippen LogP contribution in [0.5, 0.6) is 0 Å². The maximum Gasteiger partial charge on any atom is 0.310 e. The molecule has 4 aromatic rings. The van der Waals surface area contributed by atoms with Gasteiger partial charge in [-0.1, -0.05) is 67.5 Å². The summed E-state index contributed by atoms with van der Waals surface area (Å²) >= 11 is 0. The first-order chi connectivity index (χ1) is 14.1. The summed E-state index contributed by atoms with van der Waals surface area (Å²) in [5.41, 5.74) is 3.73. The molecule has 146 valence electrons. The lowest BCUT2D eigenvalue weighted by Crippen LogP contribution is -2.08. The molecule has 0 aliphatic carbocycles. The van der Waals surface area contributed by atoms with Crippen LogP contribution in [0.3, 0.4) is 0 Å². The van der Waals surface area contributed by atoms with Gasteiger partial charge in [0.05, 0.1) is 11.9 Å². The first kappa shape index (κ1) is 18.8. The van der Waals surface area contributed by atoms with Crippen molar-refractivity contribution in [1.29, 1.82) is 0 Å². The van der Waals surface area contributed by atoms with Gasteiger partial charge in [0.15, 0.2) is 6.61 Å². The van der Waals surface area contributed by atoms with Gasteiger partial charge in [-0.25, -0.2) is 0 Å². The van der Waals surface area contributed by atoms with Gasteiger partial charge in [-0.15, -0.1) is 0 Å². The van der Waals surface area contributed by atoms with Crippen LogP contribution in [0.1, 0.15) is 36.8 Å². The van der Waals surface area contributed by atoms with E-state index in [9.17, 15) is 4.79 Å². The number of carbonyl (C=O) groups is 1. The molecule has 0 bridgehead atoms. The van der Waals surface area contributed by atoms with Crippen molar-refractivity contribution in [2.24, 2.45) is 0 Å². The van der Waals surface area contributed by atoms with Crippen LogP contribution in [0, 0.1) is 0 Å². The molecular weight excluding hydrogens is 366 g/mol. The van der Waals surface area contributed by atoms with Gasteiger partial charge < -0.3 is 9.26 Å². The minimum Gasteiger partial charge on any atom is -0.455 e. The number of fused-ring (bicyclic) bond motifs is 1. The first-order valence-electron chi connectivity index (χ1n) is 9.51. The molecule has 0 aliphatic rings. The summed E-state index contributed by atoms with van der Waals surface area (Å²) in [6.07, 6.45) is 1.84. The Labute approximate surface area is 168 Å². The van der Waals surface area contributed by atoms with Gasteiger partial charge in [-0.05, 0) is 23.1 Å². The summed E-state index contributed by atoms with van der Waals surface area (Å²) in [6, 6.07) is 17.6. The van der Waals surface area contributed by atoms with E-state index in [1.54, 1.807) is 6.20 Å². The average Bonchev–Trinajstić information content (AvgIpc) is 3.22. The van der Waals surface area contributed by atoms with Gasteiger partial charge in [0, 0.05) is 17.1 Å². The van der Waals surface area contributed by atoms with E-state index in [0.717, 1.165) is 22.0 Å². The lowest BCUT2D eigenvalue weighted by molar-refractivity contribution is -0.144. The molecule has 2 heterocycles. The van der Waals surface area contributed by atoms with Crippen LogP contribution in [0.2, 0.25) is 0 Å². The van der Waals surface area contributed by atoms with Crippen LogP contribution < -0.4 is 0 Å². The zero-order chi connectivity index (χ0) is 20.2. The fourth-order valence-electron chi connectivity index (χ4n) is 3.11. The fourth-order valence-corrected chi connectivity index (χ4v) is 3.11. The summed E-state index contributed by atoms with van der Waals surface area (Å²) in [7, 11) is 0. The van der Waals surface area contributed by atoms with E-state index in [-0.39, 0.29) is 24.9 Å². The number of pyridine rings is 1. The minimum absolute atomic E-state index is 0.0614. The number of ether oxygens (including phenoxy) is 1. The Morgan fingerprint density at radius 3 is 2.66 bits per heavy atom. The van der Waals surface area contributed by atoms with E-state index in [2.05, 4.69) is 29.0 Å². The first-order valence-corrected chi connectivity index (χ1v) is 9.51. The van der Waals surface area contributed by atoms with Gasteiger partial charge in [0.2, 0.25) is 5.82 Å². The second-order valence-electron chi connectivity index (χ2n) is 7.12. The lowest BCUT2D eigenvalue weighted by atomic mass is 10.0. The third kappa shape index (κ3) is 4.32. The highest BCUT2D eigenvalue weighted by atomic mass is 16.6. The molecule has 0 unspecified atom stereocenters. The fraction of sp³-hybridized carbons (Fsp3) is 0.217. The molecule has 4 rings (SSSR count). The molecule has 0 saturated heterocycles. The highest BCUT2D eigenvalue weighted by molar-refractivity contribution is 5.85. The smallest absolute Gasteiger partial charge is 0.310 e. The average molecular weight is 387 g/mol. The Kier molecular flexibility index (Phi) is 5.33. The Bertz CT molecular complexity index is 1130. The molecule has 6 heteroatoms. The number of aromatic nitrogens is 3. The second-order valence-corrected chi connectivity index (χ2v) is 7.12. The molecule has 0 radical (unpaired) electrons. The molecule has 0 spiro atoms. The zero-order valence-corrected chi connectivity index (χ0v) is 16.3. The van der Waals surface area contributed by atoms with E-state index in [1.807, 2.05) is 54.6 Å². The van der Waals surface area contributed by atoms with Crippen LogP contribution in [0.4, 0.5) is 0 Å². The third-order valence-electron chi connectivity index (χ3n) is 4.71. The zero-order valence-electron chi connectivity index (χ0n) is 16.3. The van der Waals surface area contributed by atoms with E-state index >= 15 is 0 Å². The highest BCUT2D eigenvalue weighted by Crippen LogP contribution is 2.21. The number of nitrogens with zero attached hydrogens (tertiary/aromatic N) is 3. The molecule has 0 atom stereocenters. The second kappa shape index (κ2) is 8.22. The van der Waals surface area contributed by atoms with Gasteiger partial charge in [0.1, 0.15) is 0 Å². The third-order valence-corrected chi connectivity index (χ3v) is 4.71. The van der Waals surface area contributed by atoms with Crippen LogP contribution in [-0.2, 0) is 22.6 Å². The summed E-state index contributed by atoms with van der Waals surface area (Å²) in [6.45, 7) is 4.22. The Hall–Kier alpha value is -3.54. The van der Waals surface area contributed by atoms with Crippen LogP contribution in [0.15, 0.2) is 65.3 Å². The number of benzene rings is 2. The molecule has 0 aliphatic heterocycles. The number of para-hydroxylation sites is 1. The standard InChI is InChI=1S/C23H21N3O3/c1-15(2)16-8-10-18(11-9-16)23-25-20(29-26-23)14-28-21(27)13-19-6-3-5-17-7-4-12-24-22(17)19/h3-12,15H,13-14H2,1-2H3. The van der Waals surface area contributed by atoms with Crippen molar-refractivity contribution in [3.63, 3.8) is 0 Å². The van der Waals surface area contributed by atoms with E-state index in [0.29, 0.717) is 11.7 Å². The molecule has 6 nitrogen and oxygen atoms in total. The van der Waals surface area contributed by atoms with Crippen molar-refractivity contribution in [2.45, 2.75) is 32.8 Å². The highest BCUT2D eigenvalue weighted by Gasteiger charge is 2.13. The van der Waals surface area contributed by atoms with E-state index in [4.69, 9.17) is 9.26 Å². The molecule has 2 aromatic heterocycles. The monoisotopic (exact) mass is 387 g/mol. The van der Waals surface area contributed by atoms with Crippen molar-refractivity contribution in [3.05, 3.63) is 77.8 Å². The molecule has 2 aromatic carbocycles. The number of hydrogen-bond acceptors (Lipinski definition) is 6. The van der Waals surface area contributed by atoms with E-state index in [1.165, 1.54) is 5.56 Å². The molecule has 0 saturated carbocycles. The van der Waals surface area contributed by atoms with Crippen molar-refractivity contribution in [2.75, 3.05) is 0 Å². The predicted molar refractivity (Wildman–Crippen MR) is 109 cm³/mol. The predicted octanol–water partition coefficient (Wildman–Crippen LogP) is 4.69. The molecule has 0 amide bonds. The number of carbonyl (C=O) groups excluding carboxylic acids is 1. The maximum absolute atomic E-state index is 12.3. The topological polar surface area (TPSA) is 78.1 Å². The van der Waals surface area contributed by atoms with Gasteiger partial charge in [-0.2, -0.15) is 4.98 Å². The summed E-state index contributed by atoms with van der Waals surface area (Å²) in [5.74, 6) is 0.826. The lowest BCUT2D eigenvalue weighted by Gasteiger charge is -2.05. The Morgan fingerprint density at radius 2 is 1.86 bits per heavy atom. The summed E-state index contributed by atoms with van der Waals surface area (Å²) < 4.78 is 10.5. The Morgan fingerprint density at radius 1 is 1.07 bits per heavy atom. The summed E-state index contributed by atoms with van der Waals surface area (Å²) in [4.78, 5) is 20.9. The number of esters is 1. The van der Waals surface area contributed by atoms with Gasteiger partial charge in [0.25, 0.3) is 5.89 Å². The van der Waals surface area contributed by atoms with Crippen molar-refractivity contribution in [1.82, 2.24) is 15.1 Å². The van der Waals surface area contributed by atoms with Crippen LogP contribution >= 0.6 is 0 Å².